The maximum Gasteiger partial charge on any atom is 0.193 e. The Morgan fingerprint density at radius 3 is 2.44 bits per heavy atom. The van der Waals surface area contributed by atoms with Crippen molar-refractivity contribution in [2.24, 2.45) is 4.99 Å². The fourth-order valence-electron chi connectivity index (χ4n) is 4.36. The topological polar surface area (TPSA) is 49.3 Å². The van der Waals surface area contributed by atoms with E-state index in [2.05, 4.69) is 68.7 Å². The van der Waals surface area contributed by atoms with Gasteiger partial charge in [-0.1, -0.05) is 24.3 Å². The molecule has 2 aliphatic heterocycles. The number of hydrogen-bond donors (Lipinski definition) is 1. The Labute approximate surface area is 208 Å². The molecule has 1 N–H and O–H groups in total. The zero-order chi connectivity index (χ0) is 21.6. The van der Waals surface area contributed by atoms with Crippen molar-refractivity contribution in [2.75, 3.05) is 52.3 Å². The summed E-state index contributed by atoms with van der Waals surface area (Å²) in [6.45, 7) is 4.64. The summed E-state index contributed by atoms with van der Waals surface area (Å²) in [4.78, 5) is 9.25. The SMILES string of the molecule is CN=C(NCc1cccc(N2CC=CC2)c1)N1CCC(c2cc(OC)cc(OC)c2)C1.I. The molecule has 0 spiro atoms. The standard InChI is InChI=1S/C25H32N4O2.HI/c1-26-25(27-17-19-7-6-8-22(13-19)28-10-4-5-11-28)29-12-9-20(18-29)21-14-23(30-2)16-24(15-21)31-3;/h4-8,13-16,20H,9-12,17-18H2,1-3H3,(H,26,27);1H. The summed E-state index contributed by atoms with van der Waals surface area (Å²) in [5.74, 6) is 3.05. The van der Waals surface area contributed by atoms with Crippen LogP contribution in [0.2, 0.25) is 0 Å². The summed E-state index contributed by atoms with van der Waals surface area (Å²) in [7, 11) is 5.25. The van der Waals surface area contributed by atoms with Gasteiger partial charge in [0.05, 0.1) is 14.2 Å². The van der Waals surface area contributed by atoms with Crippen LogP contribution in [-0.2, 0) is 6.54 Å². The summed E-state index contributed by atoms with van der Waals surface area (Å²) in [5, 5.41) is 3.55. The van der Waals surface area contributed by atoms with Crippen LogP contribution < -0.4 is 19.7 Å². The molecule has 1 saturated heterocycles. The second-order valence-corrected chi connectivity index (χ2v) is 8.02. The van der Waals surface area contributed by atoms with Crippen molar-refractivity contribution in [1.29, 1.82) is 0 Å². The molecule has 6 nitrogen and oxygen atoms in total. The van der Waals surface area contributed by atoms with Crippen molar-refractivity contribution in [2.45, 2.75) is 18.9 Å². The fourth-order valence-corrected chi connectivity index (χ4v) is 4.36. The zero-order valence-electron chi connectivity index (χ0n) is 19.1. The quantitative estimate of drug-likeness (QED) is 0.253. The van der Waals surface area contributed by atoms with Crippen LogP contribution in [0.15, 0.2) is 59.6 Å². The van der Waals surface area contributed by atoms with Crippen LogP contribution in [0.4, 0.5) is 5.69 Å². The summed E-state index contributed by atoms with van der Waals surface area (Å²) >= 11 is 0. The molecular weight excluding hydrogens is 515 g/mol. The number of ether oxygens (including phenoxy) is 2. The summed E-state index contributed by atoms with van der Waals surface area (Å²) in [6.07, 6.45) is 5.51. The Hall–Kier alpha value is -2.42. The molecule has 2 heterocycles. The molecule has 0 aliphatic carbocycles. The van der Waals surface area contributed by atoms with Gasteiger partial charge in [-0.2, -0.15) is 0 Å². The van der Waals surface area contributed by atoms with Crippen LogP contribution in [0.25, 0.3) is 0 Å². The molecular formula is C25H33IN4O2. The highest BCUT2D eigenvalue weighted by Crippen LogP contribution is 2.33. The number of benzene rings is 2. The van der Waals surface area contributed by atoms with Gasteiger partial charge in [0.15, 0.2) is 5.96 Å². The van der Waals surface area contributed by atoms with Crippen molar-refractivity contribution < 1.29 is 9.47 Å². The van der Waals surface area contributed by atoms with Gasteiger partial charge < -0.3 is 24.6 Å². The highest BCUT2D eigenvalue weighted by Gasteiger charge is 2.27. The Morgan fingerprint density at radius 2 is 1.78 bits per heavy atom. The van der Waals surface area contributed by atoms with E-state index in [-0.39, 0.29) is 24.0 Å². The van der Waals surface area contributed by atoms with Gasteiger partial charge >= 0.3 is 0 Å². The first-order valence-electron chi connectivity index (χ1n) is 10.9. The van der Waals surface area contributed by atoms with Crippen LogP contribution >= 0.6 is 24.0 Å². The van der Waals surface area contributed by atoms with Gasteiger partial charge in [0.25, 0.3) is 0 Å². The van der Waals surface area contributed by atoms with E-state index in [1.54, 1.807) is 14.2 Å². The molecule has 172 valence electrons. The molecule has 0 saturated carbocycles. The van der Waals surface area contributed by atoms with Crippen LogP contribution in [0.1, 0.15) is 23.5 Å². The lowest BCUT2D eigenvalue weighted by Gasteiger charge is -2.23. The number of halogens is 1. The second kappa shape index (κ2) is 11.4. The predicted molar refractivity (Wildman–Crippen MR) is 142 cm³/mol. The molecule has 4 rings (SSSR count). The van der Waals surface area contributed by atoms with E-state index in [1.807, 2.05) is 13.1 Å². The maximum atomic E-state index is 5.45. The Morgan fingerprint density at radius 1 is 1.06 bits per heavy atom. The monoisotopic (exact) mass is 548 g/mol. The predicted octanol–water partition coefficient (Wildman–Crippen LogP) is 4.26. The van der Waals surface area contributed by atoms with Gasteiger partial charge in [-0.3, -0.25) is 4.99 Å². The van der Waals surface area contributed by atoms with Crippen molar-refractivity contribution in [1.82, 2.24) is 10.2 Å². The number of nitrogens with one attached hydrogen (secondary N) is 1. The molecule has 32 heavy (non-hydrogen) atoms. The number of hydrogen-bond acceptors (Lipinski definition) is 4. The molecule has 0 bridgehead atoms. The first-order chi connectivity index (χ1) is 15.2. The molecule has 1 atom stereocenters. The maximum absolute atomic E-state index is 5.45. The summed E-state index contributed by atoms with van der Waals surface area (Å²) < 4.78 is 10.9. The number of likely N-dealkylation sites (tertiary alicyclic amines) is 1. The first-order valence-corrected chi connectivity index (χ1v) is 10.9. The lowest BCUT2D eigenvalue weighted by molar-refractivity contribution is 0.392. The normalized spacial score (nSPS) is 18.0. The van der Waals surface area contributed by atoms with E-state index in [4.69, 9.17) is 9.47 Å². The van der Waals surface area contributed by atoms with Gasteiger partial charge in [-0.05, 0) is 41.8 Å². The minimum atomic E-state index is 0. The van der Waals surface area contributed by atoms with E-state index < -0.39 is 0 Å². The third-order valence-corrected chi connectivity index (χ3v) is 6.09. The van der Waals surface area contributed by atoms with Gasteiger partial charge in [0.2, 0.25) is 0 Å². The number of aliphatic imine (C=N–C) groups is 1. The smallest absolute Gasteiger partial charge is 0.193 e. The van der Waals surface area contributed by atoms with E-state index in [0.717, 1.165) is 56.6 Å². The van der Waals surface area contributed by atoms with Gasteiger partial charge in [-0.25, -0.2) is 0 Å². The highest BCUT2D eigenvalue weighted by atomic mass is 127. The Bertz CT molecular complexity index is 932. The van der Waals surface area contributed by atoms with Gasteiger partial charge in [0.1, 0.15) is 11.5 Å². The van der Waals surface area contributed by atoms with Crippen molar-refractivity contribution >= 4 is 35.6 Å². The Balaban J connectivity index is 0.00000289. The van der Waals surface area contributed by atoms with E-state index in [0.29, 0.717) is 5.92 Å². The van der Waals surface area contributed by atoms with Crippen molar-refractivity contribution in [3.05, 3.63) is 65.7 Å². The first kappa shape index (κ1) is 24.2. The fraction of sp³-hybridized carbons (Fsp3) is 0.400. The Kier molecular flexibility index (Phi) is 8.67. The van der Waals surface area contributed by atoms with Gasteiger partial charge in [0, 0.05) is 57.4 Å². The molecule has 2 aromatic carbocycles. The minimum absolute atomic E-state index is 0. The molecule has 1 unspecified atom stereocenters. The number of methoxy groups -OCH3 is 2. The number of guanidine groups is 1. The van der Waals surface area contributed by atoms with Crippen LogP contribution in [0.3, 0.4) is 0 Å². The van der Waals surface area contributed by atoms with Crippen molar-refractivity contribution in [3.63, 3.8) is 0 Å². The molecule has 2 aliphatic rings. The van der Waals surface area contributed by atoms with Crippen LogP contribution in [-0.4, -0.2) is 58.3 Å². The summed E-state index contributed by atoms with van der Waals surface area (Å²) in [6, 6.07) is 14.9. The minimum Gasteiger partial charge on any atom is -0.497 e. The molecule has 1 fully saturated rings. The number of rotatable bonds is 6. The van der Waals surface area contributed by atoms with Crippen LogP contribution in [0, 0.1) is 0 Å². The average molecular weight is 548 g/mol. The second-order valence-electron chi connectivity index (χ2n) is 8.02. The number of anilines is 1. The third-order valence-electron chi connectivity index (χ3n) is 6.09. The lowest BCUT2D eigenvalue weighted by Crippen LogP contribution is -2.39. The van der Waals surface area contributed by atoms with Crippen molar-refractivity contribution in [3.8, 4) is 11.5 Å². The average Bonchev–Trinajstić information content (AvgIpc) is 3.52. The van der Waals surface area contributed by atoms with E-state index in [1.165, 1.54) is 16.8 Å². The largest absolute Gasteiger partial charge is 0.497 e. The highest BCUT2D eigenvalue weighted by molar-refractivity contribution is 14.0. The molecule has 2 aromatic rings. The molecule has 0 aromatic heterocycles. The molecule has 7 heteroatoms. The van der Waals surface area contributed by atoms with Gasteiger partial charge in [-0.15, -0.1) is 24.0 Å². The zero-order valence-corrected chi connectivity index (χ0v) is 21.4. The van der Waals surface area contributed by atoms with E-state index in [9.17, 15) is 0 Å². The molecule has 0 amide bonds. The number of nitrogens with zero attached hydrogens (tertiary/aromatic N) is 3. The summed E-state index contributed by atoms with van der Waals surface area (Å²) in [5.41, 5.74) is 3.78. The van der Waals surface area contributed by atoms with E-state index >= 15 is 0 Å². The lowest BCUT2D eigenvalue weighted by atomic mass is 9.98. The third kappa shape index (κ3) is 5.68. The molecule has 0 radical (unpaired) electrons. The van der Waals surface area contributed by atoms with Crippen LogP contribution in [0.5, 0.6) is 11.5 Å².